The van der Waals surface area contributed by atoms with E-state index in [2.05, 4.69) is 19.2 Å². The van der Waals surface area contributed by atoms with E-state index in [0.29, 0.717) is 24.5 Å². The number of ether oxygens (including phenoxy) is 1. The second-order valence-corrected chi connectivity index (χ2v) is 4.24. The largest absolute Gasteiger partial charge is 0.348 e. The van der Waals surface area contributed by atoms with Gasteiger partial charge >= 0.3 is 0 Å². The predicted octanol–water partition coefficient (Wildman–Crippen LogP) is 1.95. The number of hydrogen-bond acceptors (Lipinski definition) is 2. The molecule has 1 fully saturated rings. The maximum Gasteiger partial charge on any atom is 0.195 e. The van der Waals surface area contributed by atoms with Crippen LogP contribution in [0.15, 0.2) is 0 Å². The molecule has 0 aromatic rings. The number of halogens is 1. The van der Waals surface area contributed by atoms with Crippen molar-refractivity contribution in [2.75, 3.05) is 13.2 Å². The molecule has 2 nitrogen and oxygen atoms in total. The molecule has 1 rings (SSSR count). The third-order valence-corrected chi connectivity index (χ3v) is 2.62. The molecule has 1 heterocycles. The minimum Gasteiger partial charge on any atom is -0.348 e. The van der Waals surface area contributed by atoms with Crippen LogP contribution in [0, 0.1) is 11.8 Å². The smallest absolute Gasteiger partial charge is 0.195 e. The Kier molecular flexibility index (Phi) is 4.13. The maximum atomic E-state index is 12.4. The molecule has 2 unspecified atom stereocenters. The highest BCUT2D eigenvalue weighted by molar-refractivity contribution is 4.83. The highest BCUT2D eigenvalue weighted by atomic mass is 19.1. The molecule has 1 saturated heterocycles. The van der Waals surface area contributed by atoms with Crippen molar-refractivity contribution in [2.45, 2.75) is 39.6 Å². The number of rotatable bonds is 4. The minimum absolute atomic E-state index is 0.491. The zero-order valence-electron chi connectivity index (χ0n) is 8.72. The van der Waals surface area contributed by atoms with Gasteiger partial charge in [-0.25, -0.2) is 4.39 Å². The lowest BCUT2D eigenvalue weighted by atomic mass is 9.98. The molecule has 0 spiro atoms. The lowest BCUT2D eigenvalue weighted by Crippen LogP contribution is -2.26. The van der Waals surface area contributed by atoms with Crippen LogP contribution in [-0.4, -0.2) is 25.6 Å². The van der Waals surface area contributed by atoms with Crippen LogP contribution in [0.2, 0.25) is 0 Å². The van der Waals surface area contributed by atoms with Gasteiger partial charge in [0.15, 0.2) is 6.36 Å². The van der Waals surface area contributed by atoms with Gasteiger partial charge in [-0.1, -0.05) is 13.8 Å². The molecule has 1 aliphatic heterocycles. The number of alkyl halides is 1. The van der Waals surface area contributed by atoms with Crippen molar-refractivity contribution in [1.29, 1.82) is 0 Å². The molecular weight excluding hydrogens is 169 g/mol. The fourth-order valence-corrected chi connectivity index (χ4v) is 1.75. The van der Waals surface area contributed by atoms with E-state index in [1.165, 1.54) is 6.92 Å². The molecular formula is C10H20FNO. The second kappa shape index (κ2) is 4.91. The van der Waals surface area contributed by atoms with E-state index in [9.17, 15) is 4.39 Å². The summed E-state index contributed by atoms with van der Waals surface area (Å²) in [6, 6.07) is 0.587. The van der Waals surface area contributed by atoms with Crippen molar-refractivity contribution in [3.8, 4) is 0 Å². The average molecular weight is 189 g/mol. The van der Waals surface area contributed by atoms with E-state index in [1.54, 1.807) is 0 Å². The molecule has 0 aliphatic carbocycles. The normalized spacial score (nSPS) is 31.2. The van der Waals surface area contributed by atoms with Crippen molar-refractivity contribution in [3.63, 3.8) is 0 Å². The van der Waals surface area contributed by atoms with Gasteiger partial charge in [-0.3, -0.25) is 0 Å². The third-order valence-electron chi connectivity index (χ3n) is 2.62. The quantitative estimate of drug-likeness (QED) is 0.730. The topological polar surface area (TPSA) is 21.3 Å². The van der Waals surface area contributed by atoms with E-state index >= 15 is 0 Å². The van der Waals surface area contributed by atoms with Gasteiger partial charge in [0.05, 0.1) is 6.61 Å². The van der Waals surface area contributed by atoms with Crippen LogP contribution in [0.1, 0.15) is 27.2 Å². The molecule has 0 amide bonds. The van der Waals surface area contributed by atoms with Crippen LogP contribution in [-0.2, 0) is 4.74 Å². The van der Waals surface area contributed by atoms with E-state index in [-0.39, 0.29) is 0 Å². The lowest BCUT2D eigenvalue weighted by molar-refractivity contribution is -0.0382. The summed E-state index contributed by atoms with van der Waals surface area (Å²) >= 11 is 0. The van der Waals surface area contributed by atoms with Crippen molar-refractivity contribution < 1.29 is 9.13 Å². The molecule has 1 N–H and O–H groups in total. The molecule has 3 heteroatoms. The Morgan fingerprint density at radius 2 is 2.15 bits per heavy atom. The second-order valence-electron chi connectivity index (χ2n) is 4.24. The summed E-state index contributed by atoms with van der Waals surface area (Å²) in [5, 5.41) is 3.43. The van der Waals surface area contributed by atoms with Crippen molar-refractivity contribution in [3.05, 3.63) is 0 Å². The summed E-state index contributed by atoms with van der Waals surface area (Å²) in [5.41, 5.74) is 0. The Morgan fingerprint density at radius 3 is 2.62 bits per heavy atom. The van der Waals surface area contributed by atoms with Crippen molar-refractivity contribution in [2.24, 2.45) is 11.8 Å². The van der Waals surface area contributed by atoms with E-state index in [4.69, 9.17) is 4.74 Å². The summed E-state index contributed by atoms with van der Waals surface area (Å²) in [7, 11) is 0. The monoisotopic (exact) mass is 189 g/mol. The van der Waals surface area contributed by atoms with E-state index < -0.39 is 6.36 Å². The zero-order chi connectivity index (χ0) is 9.84. The van der Waals surface area contributed by atoms with Gasteiger partial charge in [-0.2, -0.15) is 0 Å². The summed E-state index contributed by atoms with van der Waals surface area (Å²) in [4.78, 5) is 0. The Hall–Kier alpha value is -0.150. The van der Waals surface area contributed by atoms with Gasteiger partial charge < -0.3 is 10.1 Å². The fourth-order valence-electron chi connectivity index (χ4n) is 1.75. The van der Waals surface area contributed by atoms with Gasteiger partial charge in [0.1, 0.15) is 0 Å². The average Bonchev–Trinajstić information content (AvgIpc) is 2.48. The van der Waals surface area contributed by atoms with Crippen molar-refractivity contribution in [1.82, 2.24) is 5.32 Å². The molecule has 0 saturated carbocycles. The summed E-state index contributed by atoms with van der Waals surface area (Å²) < 4.78 is 17.3. The van der Waals surface area contributed by atoms with Crippen LogP contribution in [0.4, 0.5) is 4.39 Å². The molecule has 0 radical (unpaired) electrons. The van der Waals surface area contributed by atoms with Gasteiger partial charge in [-0.15, -0.1) is 0 Å². The van der Waals surface area contributed by atoms with Crippen LogP contribution in [0.5, 0.6) is 0 Å². The van der Waals surface area contributed by atoms with Gasteiger partial charge in [0.25, 0.3) is 0 Å². The molecule has 78 valence electrons. The standard InChI is InChI=1S/C10H20FNO/c1-7(2)10-4-9(5-12-10)6-13-8(3)11/h7-10,12H,4-6H2,1-3H3/t8?,9?,10-/m0/s1. The predicted molar refractivity (Wildman–Crippen MR) is 51.3 cm³/mol. The fraction of sp³-hybridized carbons (Fsp3) is 1.00. The summed E-state index contributed by atoms with van der Waals surface area (Å²) in [5.74, 6) is 1.15. The molecule has 0 aromatic heterocycles. The molecule has 0 aromatic carbocycles. The summed E-state index contributed by atoms with van der Waals surface area (Å²) in [6.45, 7) is 7.36. The Morgan fingerprint density at radius 1 is 1.46 bits per heavy atom. The van der Waals surface area contributed by atoms with Crippen molar-refractivity contribution >= 4 is 0 Å². The van der Waals surface area contributed by atoms with Crippen LogP contribution in [0.3, 0.4) is 0 Å². The Bertz CT molecular complexity index is 150. The lowest BCUT2D eigenvalue weighted by Gasteiger charge is -2.14. The van der Waals surface area contributed by atoms with E-state index in [1.807, 2.05) is 0 Å². The first-order valence-electron chi connectivity index (χ1n) is 5.08. The van der Waals surface area contributed by atoms with Gasteiger partial charge in [-0.05, 0) is 25.2 Å². The molecule has 13 heavy (non-hydrogen) atoms. The first-order valence-corrected chi connectivity index (χ1v) is 5.08. The Balaban J connectivity index is 2.17. The third kappa shape index (κ3) is 3.61. The zero-order valence-corrected chi connectivity index (χ0v) is 8.72. The van der Waals surface area contributed by atoms with Gasteiger partial charge in [0, 0.05) is 12.6 Å². The SMILES string of the molecule is CC(F)OCC1CN[C@H](C(C)C)C1. The molecule has 1 aliphatic rings. The molecule has 0 bridgehead atoms. The van der Waals surface area contributed by atoms with E-state index in [0.717, 1.165) is 13.0 Å². The molecule has 3 atom stereocenters. The van der Waals surface area contributed by atoms with Crippen LogP contribution >= 0.6 is 0 Å². The first kappa shape index (κ1) is 10.9. The van der Waals surface area contributed by atoms with Gasteiger partial charge in [0.2, 0.25) is 0 Å². The first-order chi connectivity index (χ1) is 6.09. The Labute approximate surface area is 79.8 Å². The number of hydrogen-bond donors (Lipinski definition) is 1. The highest BCUT2D eigenvalue weighted by Gasteiger charge is 2.26. The summed E-state index contributed by atoms with van der Waals surface area (Å²) in [6.07, 6.45) is -0.0113. The highest BCUT2D eigenvalue weighted by Crippen LogP contribution is 2.20. The minimum atomic E-state index is -1.13. The van der Waals surface area contributed by atoms with Crippen LogP contribution in [0.25, 0.3) is 0 Å². The number of nitrogens with one attached hydrogen (secondary N) is 1. The van der Waals surface area contributed by atoms with Crippen LogP contribution < -0.4 is 5.32 Å². The maximum absolute atomic E-state index is 12.4.